The topological polar surface area (TPSA) is 164 Å². The van der Waals surface area contributed by atoms with Gasteiger partial charge in [0.25, 0.3) is 0 Å². The minimum absolute atomic E-state index is 0. The van der Waals surface area contributed by atoms with Crippen molar-refractivity contribution in [2.75, 3.05) is 0 Å². The van der Waals surface area contributed by atoms with Gasteiger partial charge in [0.2, 0.25) is 0 Å². The summed E-state index contributed by atoms with van der Waals surface area (Å²) in [6, 6.07) is 0. The van der Waals surface area contributed by atoms with Crippen LogP contribution in [0.15, 0.2) is 0 Å². The normalized spacial score (nSPS) is 1.80. The van der Waals surface area contributed by atoms with Crippen LogP contribution in [0.3, 0.4) is 0 Å². The number of hydrogen-bond acceptors (Lipinski definition) is 3. The molecular weight excluding hydrogens is 399 g/mol. The summed E-state index contributed by atoms with van der Waals surface area (Å²) in [5.41, 5.74) is 0. The van der Waals surface area contributed by atoms with Gasteiger partial charge in [-0.15, -0.1) is 0 Å². The summed E-state index contributed by atoms with van der Waals surface area (Å²) in [6.07, 6.45) is 0. The Balaban J connectivity index is -0.00000000225. The third kappa shape index (κ3) is 350. The molecule has 0 heterocycles. The Morgan fingerprint density at radius 1 is 0.500 bits per heavy atom. The summed E-state index contributed by atoms with van der Waals surface area (Å²) in [6.45, 7) is 0. The SMILES string of the molecule is O.O.O.[Au+3].[O-]Cl.[O-]Cl.[O-]Cl. The molecule has 0 bridgehead atoms. The molecule has 10 heavy (non-hydrogen) atoms. The second-order valence-corrected chi connectivity index (χ2v) is 0. The minimum Gasteiger partial charge on any atom is -0.769 e. The molecule has 0 aliphatic carbocycles. The molecule has 0 aromatic rings. The average molecular weight is 405 g/mol. The number of rotatable bonds is 0. The van der Waals surface area contributed by atoms with E-state index in [0.717, 1.165) is 0 Å². The van der Waals surface area contributed by atoms with Crippen LogP contribution < -0.4 is 14.0 Å². The van der Waals surface area contributed by atoms with E-state index in [0.29, 0.717) is 0 Å². The van der Waals surface area contributed by atoms with Crippen LogP contribution in [0.5, 0.6) is 0 Å². The van der Waals surface area contributed by atoms with Gasteiger partial charge in [-0.25, -0.2) is 35.6 Å². The van der Waals surface area contributed by atoms with Crippen molar-refractivity contribution in [3.8, 4) is 0 Å². The van der Waals surface area contributed by atoms with Gasteiger partial charge in [-0.1, -0.05) is 0 Å². The fraction of sp³-hybridized carbons (Fsp3) is 0. The molecule has 0 aromatic carbocycles. The van der Waals surface area contributed by atoms with E-state index in [1.54, 1.807) is 0 Å². The first-order chi connectivity index (χ1) is 3.00. The standard InChI is InChI=1S/Au.3ClO.3H2O/c;3*1-2;;;/h;;;;3*1H2/q+3;3*-1;;;. The van der Waals surface area contributed by atoms with E-state index in [-0.39, 0.29) is 38.8 Å². The van der Waals surface area contributed by atoms with Gasteiger partial charge in [-0.05, 0) is 0 Å². The Hall–Kier alpha value is 1.37. The zero-order valence-electron chi connectivity index (χ0n) is 4.16. The molecular formula is H6AuCl3O6. The van der Waals surface area contributed by atoms with Crippen LogP contribution in [0, 0.1) is 0 Å². The van der Waals surface area contributed by atoms with Gasteiger partial charge >= 0.3 is 22.4 Å². The molecule has 0 saturated carbocycles. The van der Waals surface area contributed by atoms with E-state index >= 15 is 0 Å². The Morgan fingerprint density at radius 3 is 0.500 bits per heavy atom. The first-order valence-electron chi connectivity index (χ1n) is 0.463. The Bertz CT molecular complexity index is 13.0. The molecule has 0 unspecified atom stereocenters. The molecule has 0 aromatic heterocycles. The molecule has 0 atom stereocenters. The molecule has 74 valence electrons. The van der Waals surface area contributed by atoms with Crippen molar-refractivity contribution in [1.29, 1.82) is 0 Å². The van der Waals surface area contributed by atoms with Gasteiger partial charge in [-0.3, -0.25) is 0 Å². The zero-order chi connectivity index (χ0) is 6.00. The summed E-state index contributed by atoms with van der Waals surface area (Å²) in [7, 11) is 0. The molecule has 10 heteroatoms. The van der Waals surface area contributed by atoms with Crippen LogP contribution >= 0.6 is 35.6 Å². The maximum Gasteiger partial charge on any atom is 3.00 e. The van der Waals surface area contributed by atoms with Gasteiger partial charge in [0.05, 0.1) is 0 Å². The Kier molecular flexibility index (Phi) is 3100. The van der Waals surface area contributed by atoms with Crippen molar-refractivity contribution in [3.05, 3.63) is 0 Å². The van der Waals surface area contributed by atoms with Crippen LogP contribution in [-0.4, -0.2) is 16.4 Å². The third-order valence-electron chi connectivity index (χ3n) is 0. The monoisotopic (exact) mass is 404 g/mol. The number of halogens is 3. The maximum absolute atomic E-state index is 7.72. The van der Waals surface area contributed by atoms with Crippen LogP contribution in [0.2, 0.25) is 0 Å². The predicted octanol–water partition coefficient (Wildman–Crippen LogP) is -3.98. The first-order valence-corrected chi connectivity index (χ1v) is 1.39. The predicted molar refractivity (Wildman–Crippen MR) is 28.4 cm³/mol. The maximum atomic E-state index is 7.72. The third-order valence-corrected chi connectivity index (χ3v) is 0. The van der Waals surface area contributed by atoms with Crippen molar-refractivity contribution in [1.82, 2.24) is 0 Å². The quantitative estimate of drug-likeness (QED) is 0.376. The van der Waals surface area contributed by atoms with Crippen molar-refractivity contribution < 1.29 is 52.8 Å². The van der Waals surface area contributed by atoms with Gasteiger partial charge in [0.15, 0.2) is 0 Å². The van der Waals surface area contributed by atoms with Crippen molar-refractivity contribution in [3.63, 3.8) is 0 Å². The Morgan fingerprint density at radius 2 is 0.500 bits per heavy atom. The summed E-state index contributed by atoms with van der Waals surface area (Å²) in [5, 5.41) is 0. The van der Waals surface area contributed by atoms with Crippen LogP contribution in [-0.2, 0) is 22.4 Å². The number of hydrogen-bond donors (Lipinski definition) is 0. The summed E-state index contributed by atoms with van der Waals surface area (Å²) < 4.78 is 23.2. The Labute approximate surface area is 88.3 Å². The molecule has 0 fully saturated rings. The first kappa shape index (κ1) is 64.0. The second kappa shape index (κ2) is 485. The van der Waals surface area contributed by atoms with E-state index in [4.69, 9.17) is 14.0 Å². The fourth-order valence-corrected chi connectivity index (χ4v) is 0. The molecule has 0 saturated heterocycles. The van der Waals surface area contributed by atoms with Gasteiger partial charge in [0.1, 0.15) is 0 Å². The molecule has 0 radical (unpaired) electrons. The summed E-state index contributed by atoms with van der Waals surface area (Å²) >= 11 is 10.2. The second-order valence-electron chi connectivity index (χ2n) is 0. The van der Waals surface area contributed by atoms with E-state index in [9.17, 15) is 0 Å². The molecule has 0 spiro atoms. The van der Waals surface area contributed by atoms with Gasteiger partial charge in [-0.2, -0.15) is 0 Å². The van der Waals surface area contributed by atoms with Crippen LogP contribution in [0.4, 0.5) is 0 Å². The smallest absolute Gasteiger partial charge is 0.769 e. The van der Waals surface area contributed by atoms with E-state index in [2.05, 4.69) is 35.6 Å². The van der Waals surface area contributed by atoms with E-state index in [1.165, 1.54) is 0 Å². The molecule has 0 rings (SSSR count). The van der Waals surface area contributed by atoms with Crippen molar-refractivity contribution in [2.24, 2.45) is 0 Å². The summed E-state index contributed by atoms with van der Waals surface area (Å²) in [4.78, 5) is 0. The van der Waals surface area contributed by atoms with E-state index in [1.807, 2.05) is 0 Å². The van der Waals surface area contributed by atoms with Crippen molar-refractivity contribution >= 4 is 35.6 Å². The molecule has 0 aliphatic rings. The van der Waals surface area contributed by atoms with Gasteiger partial charge in [0, 0.05) is 0 Å². The minimum atomic E-state index is 0. The largest absolute Gasteiger partial charge is 3.00 e. The van der Waals surface area contributed by atoms with Gasteiger partial charge < -0.3 is 30.4 Å². The molecule has 0 aliphatic heterocycles. The zero-order valence-corrected chi connectivity index (χ0v) is 8.59. The fourth-order valence-electron chi connectivity index (χ4n) is 0. The average Bonchev–Trinajstić information content (AvgIpc) is 1.81. The van der Waals surface area contributed by atoms with Crippen LogP contribution in [0.25, 0.3) is 0 Å². The molecule has 6 nitrogen and oxygen atoms in total. The van der Waals surface area contributed by atoms with Crippen molar-refractivity contribution in [2.45, 2.75) is 0 Å². The van der Waals surface area contributed by atoms with Crippen LogP contribution in [0.1, 0.15) is 0 Å². The molecule has 6 N–H and O–H groups in total. The van der Waals surface area contributed by atoms with E-state index < -0.39 is 0 Å². The molecule has 0 amide bonds. The summed E-state index contributed by atoms with van der Waals surface area (Å²) in [5.74, 6) is 0.